The third-order valence-electron chi connectivity index (χ3n) is 2.23. The minimum atomic E-state index is -0.568. The number of hydrogen-bond donors (Lipinski definition) is 1. The molecule has 1 aliphatic heterocycles. The van der Waals surface area contributed by atoms with E-state index in [1.165, 1.54) is 16.7 Å². The largest absolute Gasteiger partial charge is 0.481 e. The van der Waals surface area contributed by atoms with Crippen molar-refractivity contribution in [2.75, 3.05) is 6.61 Å². The summed E-state index contributed by atoms with van der Waals surface area (Å²) in [6.07, 6.45) is 7.78. The van der Waals surface area contributed by atoms with Crippen molar-refractivity contribution in [1.82, 2.24) is 9.88 Å². The monoisotopic (exact) mass is 262 g/mol. The number of carbonyl (C=O) groups is 1. The summed E-state index contributed by atoms with van der Waals surface area (Å²) in [5, 5.41) is 0.265. The lowest BCUT2D eigenvalue weighted by atomic mass is 10.2. The van der Waals surface area contributed by atoms with Gasteiger partial charge in [0.15, 0.2) is 5.09 Å². The summed E-state index contributed by atoms with van der Waals surface area (Å²) in [6.45, 7) is 3.93. The van der Waals surface area contributed by atoms with Crippen LogP contribution in [0.5, 0.6) is 0 Å². The first kappa shape index (κ1) is 12.5. The molecule has 1 atom stereocenters. The van der Waals surface area contributed by atoms with E-state index in [2.05, 4.69) is 17.8 Å². The molecule has 0 saturated heterocycles. The van der Waals surface area contributed by atoms with Gasteiger partial charge in [-0.1, -0.05) is 24.4 Å². The third kappa shape index (κ3) is 2.65. The van der Waals surface area contributed by atoms with Crippen LogP contribution >= 0.6 is 11.8 Å². The van der Waals surface area contributed by atoms with Crippen LogP contribution in [0.15, 0.2) is 42.3 Å². The van der Waals surface area contributed by atoms with Crippen molar-refractivity contribution < 1.29 is 9.53 Å². The Hall–Kier alpha value is -1.95. The second-order valence-corrected chi connectivity index (χ2v) is 4.51. The zero-order valence-corrected chi connectivity index (χ0v) is 10.4. The number of hydrogen-bond acceptors (Lipinski definition) is 4. The van der Waals surface area contributed by atoms with Gasteiger partial charge in [0.25, 0.3) is 0 Å². The molecule has 1 aromatic rings. The summed E-state index contributed by atoms with van der Waals surface area (Å²) < 4.78 is 5.37. The number of amides is 2. The summed E-state index contributed by atoms with van der Waals surface area (Å²) in [4.78, 5) is 16.6. The van der Waals surface area contributed by atoms with Gasteiger partial charge in [0.05, 0.1) is 0 Å². The lowest BCUT2D eigenvalue weighted by Crippen LogP contribution is -2.31. The van der Waals surface area contributed by atoms with Crippen molar-refractivity contribution in [3.63, 3.8) is 0 Å². The van der Waals surface area contributed by atoms with Gasteiger partial charge in [-0.2, -0.15) is 0 Å². The van der Waals surface area contributed by atoms with Gasteiger partial charge in [0.1, 0.15) is 18.2 Å². The maximum atomic E-state index is 11.4. The molecule has 2 heterocycles. The van der Waals surface area contributed by atoms with Gasteiger partial charge in [-0.15, -0.1) is 0 Å². The summed E-state index contributed by atoms with van der Waals surface area (Å²) in [5.74, 6) is 0. The summed E-state index contributed by atoms with van der Waals surface area (Å²) in [5.41, 5.74) is 6.24. The van der Waals surface area contributed by atoms with E-state index < -0.39 is 6.03 Å². The molecule has 0 saturated carbocycles. The summed E-state index contributed by atoms with van der Waals surface area (Å²) >= 11 is 1.37. The van der Waals surface area contributed by atoms with E-state index in [0.29, 0.717) is 11.7 Å². The highest BCUT2D eigenvalue weighted by Gasteiger charge is 2.32. The molecule has 1 aromatic heterocycles. The average molecular weight is 262 g/mol. The Morgan fingerprint density at radius 1 is 1.67 bits per heavy atom. The molecule has 2 amide bonds. The smallest absolute Gasteiger partial charge is 0.320 e. The van der Waals surface area contributed by atoms with Crippen LogP contribution in [0.1, 0.15) is 10.9 Å². The van der Waals surface area contributed by atoms with Crippen LogP contribution in [0.2, 0.25) is 0 Å². The number of urea groups is 1. The number of ether oxygens (including phenoxy) is 1. The van der Waals surface area contributed by atoms with Gasteiger partial charge >= 0.3 is 6.03 Å². The highest BCUT2D eigenvalue weighted by molar-refractivity contribution is 8.03. The molecular weight excluding hydrogens is 250 g/mol. The molecular formula is C12H12N3O2S. The van der Waals surface area contributed by atoms with Gasteiger partial charge in [-0.3, -0.25) is 9.88 Å². The second kappa shape index (κ2) is 5.59. The molecule has 0 bridgehead atoms. The van der Waals surface area contributed by atoms with Crippen LogP contribution in [0, 0.1) is 6.20 Å². The van der Waals surface area contributed by atoms with E-state index >= 15 is 0 Å². The molecule has 6 heteroatoms. The number of carbonyl (C=O) groups excluding carboxylic acids is 1. The standard InChI is InChI=1S/C12H12N3O2S/c1-2-7-17-10-8-15(12(13)16)11(18-10)9-3-5-14-6-4-9/h2-6,11H,1,7H2,(H2,13,16). The number of rotatable bonds is 4. The van der Waals surface area contributed by atoms with Crippen molar-refractivity contribution in [1.29, 1.82) is 0 Å². The quantitative estimate of drug-likeness (QED) is 0.843. The van der Waals surface area contributed by atoms with Gasteiger partial charge in [0.2, 0.25) is 0 Å². The van der Waals surface area contributed by atoms with Crippen molar-refractivity contribution >= 4 is 17.8 Å². The Balaban J connectivity index is 2.17. The van der Waals surface area contributed by atoms with Crippen molar-refractivity contribution in [2.24, 2.45) is 5.73 Å². The first-order valence-corrected chi connectivity index (χ1v) is 6.13. The van der Waals surface area contributed by atoms with E-state index in [9.17, 15) is 4.79 Å². The highest BCUT2D eigenvalue weighted by atomic mass is 32.2. The van der Waals surface area contributed by atoms with E-state index in [-0.39, 0.29) is 5.37 Å². The van der Waals surface area contributed by atoms with Crippen LogP contribution in [-0.2, 0) is 4.74 Å². The molecule has 18 heavy (non-hydrogen) atoms. The van der Waals surface area contributed by atoms with Crippen LogP contribution in [0.4, 0.5) is 4.79 Å². The molecule has 0 aliphatic carbocycles. The zero-order chi connectivity index (χ0) is 13.0. The maximum Gasteiger partial charge on any atom is 0.320 e. The Kier molecular flexibility index (Phi) is 3.88. The average Bonchev–Trinajstić information content (AvgIpc) is 2.82. The van der Waals surface area contributed by atoms with Gasteiger partial charge in [0, 0.05) is 12.4 Å². The molecule has 2 N–H and O–H groups in total. The molecule has 0 spiro atoms. The van der Waals surface area contributed by atoms with Crippen LogP contribution in [0.3, 0.4) is 0 Å². The highest BCUT2D eigenvalue weighted by Crippen LogP contribution is 2.43. The van der Waals surface area contributed by atoms with E-state index in [1.807, 2.05) is 12.1 Å². The number of aromatic nitrogens is 1. The fraction of sp³-hybridized carbons (Fsp3) is 0.167. The Morgan fingerprint density at radius 3 is 3.00 bits per heavy atom. The van der Waals surface area contributed by atoms with Crippen molar-refractivity contribution in [3.8, 4) is 0 Å². The lowest BCUT2D eigenvalue weighted by molar-refractivity contribution is 0.217. The Bertz CT molecular complexity index is 475. The van der Waals surface area contributed by atoms with E-state index in [1.54, 1.807) is 18.5 Å². The van der Waals surface area contributed by atoms with Gasteiger partial charge in [-0.25, -0.2) is 4.79 Å². The minimum Gasteiger partial charge on any atom is -0.481 e. The Morgan fingerprint density at radius 2 is 2.39 bits per heavy atom. The predicted molar refractivity (Wildman–Crippen MR) is 68.9 cm³/mol. The van der Waals surface area contributed by atoms with Crippen molar-refractivity contribution in [2.45, 2.75) is 5.37 Å². The molecule has 5 nitrogen and oxygen atoms in total. The topological polar surface area (TPSA) is 68.5 Å². The molecule has 1 unspecified atom stereocenters. The zero-order valence-electron chi connectivity index (χ0n) is 9.57. The number of pyridine rings is 1. The predicted octanol–water partition coefficient (Wildman–Crippen LogP) is 2.01. The minimum absolute atomic E-state index is 0.259. The normalized spacial score (nSPS) is 18.3. The summed E-state index contributed by atoms with van der Waals surface area (Å²) in [7, 11) is 0. The van der Waals surface area contributed by atoms with E-state index in [0.717, 1.165) is 5.56 Å². The maximum absolute atomic E-state index is 11.4. The lowest BCUT2D eigenvalue weighted by Gasteiger charge is -2.19. The van der Waals surface area contributed by atoms with Crippen LogP contribution in [-0.4, -0.2) is 22.5 Å². The molecule has 93 valence electrons. The van der Waals surface area contributed by atoms with E-state index in [4.69, 9.17) is 10.5 Å². The van der Waals surface area contributed by atoms with Crippen LogP contribution < -0.4 is 5.73 Å². The fourth-order valence-electron chi connectivity index (χ4n) is 1.45. The number of nitrogens with two attached hydrogens (primary N) is 1. The first-order valence-electron chi connectivity index (χ1n) is 5.25. The molecule has 1 aliphatic rings. The number of primary amides is 1. The van der Waals surface area contributed by atoms with Crippen molar-refractivity contribution in [3.05, 3.63) is 54.0 Å². The fourth-order valence-corrected chi connectivity index (χ4v) is 2.50. The SMILES string of the molecule is C=CCOC1=[C]N(C(N)=O)C(c2ccncc2)S1. The van der Waals surface area contributed by atoms with Crippen LogP contribution in [0.25, 0.3) is 0 Å². The third-order valence-corrected chi connectivity index (χ3v) is 3.36. The molecule has 0 fully saturated rings. The second-order valence-electron chi connectivity index (χ2n) is 3.46. The Labute approximate surface area is 109 Å². The number of nitrogens with zero attached hydrogens (tertiary/aromatic N) is 2. The number of thioether (sulfide) groups is 1. The summed E-state index contributed by atoms with van der Waals surface area (Å²) in [6, 6.07) is 3.08. The first-order chi connectivity index (χ1) is 8.72. The molecule has 2 rings (SSSR count). The molecule has 1 radical (unpaired) electrons. The van der Waals surface area contributed by atoms with Gasteiger partial charge in [-0.05, 0) is 17.7 Å². The van der Waals surface area contributed by atoms with Gasteiger partial charge < -0.3 is 10.5 Å². The molecule has 0 aromatic carbocycles.